The first-order valence-corrected chi connectivity index (χ1v) is 6.34. The molecule has 106 valence electrons. The summed E-state index contributed by atoms with van der Waals surface area (Å²) in [6, 6.07) is 8.24. The van der Waals surface area contributed by atoms with Gasteiger partial charge in [-0.25, -0.2) is 8.78 Å². The Balaban J connectivity index is 2.22. The molecule has 2 aromatic carbocycles. The highest BCUT2D eigenvalue weighted by atomic mass is 19.1. The Morgan fingerprint density at radius 2 is 1.95 bits per heavy atom. The van der Waals surface area contributed by atoms with Gasteiger partial charge in [0.05, 0.1) is 18.0 Å². The Morgan fingerprint density at radius 3 is 2.70 bits per heavy atom. The van der Waals surface area contributed by atoms with E-state index in [4.69, 9.17) is 10.5 Å². The Bertz CT molecular complexity index is 602. The van der Waals surface area contributed by atoms with Gasteiger partial charge < -0.3 is 15.8 Å². The van der Waals surface area contributed by atoms with E-state index in [9.17, 15) is 8.78 Å². The van der Waals surface area contributed by atoms with Gasteiger partial charge in [0.25, 0.3) is 0 Å². The van der Waals surface area contributed by atoms with E-state index in [1.807, 2.05) is 6.92 Å². The molecular weight excluding hydrogens is 262 g/mol. The highest BCUT2D eigenvalue weighted by molar-refractivity contribution is 5.67. The Kier molecular flexibility index (Phi) is 4.40. The number of nitrogens with two attached hydrogens (primary N) is 1. The lowest BCUT2D eigenvalue weighted by Crippen LogP contribution is -2.01. The molecule has 3 nitrogen and oxygen atoms in total. The summed E-state index contributed by atoms with van der Waals surface area (Å²) in [5.74, 6) is -0.514. The van der Waals surface area contributed by atoms with Crippen LogP contribution in [0.15, 0.2) is 36.4 Å². The first-order valence-electron chi connectivity index (χ1n) is 6.34. The molecule has 0 aliphatic carbocycles. The van der Waals surface area contributed by atoms with Gasteiger partial charge >= 0.3 is 0 Å². The minimum absolute atomic E-state index is 0.0659. The van der Waals surface area contributed by atoms with Crippen molar-refractivity contribution >= 4 is 17.1 Å². The van der Waals surface area contributed by atoms with Crippen LogP contribution >= 0.6 is 0 Å². The molecule has 0 amide bonds. The minimum Gasteiger partial charge on any atom is -0.491 e. The monoisotopic (exact) mass is 278 g/mol. The van der Waals surface area contributed by atoms with Crippen LogP contribution in [-0.2, 0) is 0 Å². The maximum Gasteiger partial charge on any atom is 0.146 e. The summed E-state index contributed by atoms with van der Waals surface area (Å²) >= 11 is 0. The van der Waals surface area contributed by atoms with E-state index in [1.165, 1.54) is 0 Å². The Labute approximate surface area is 116 Å². The number of hydrogen-bond donors (Lipinski definition) is 2. The molecule has 0 bridgehead atoms. The van der Waals surface area contributed by atoms with Crippen LogP contribution in [0.25, 0.3) is 0 Å². The Hall–Kier alpha value is -2.30. The predicted molar refractivity (Wildman–Crippen MR) is 76.3 cm³/mol. The van der Waals surface area contributed by atoms with Crippen LogP contribution in [0.5, 0.6) is 5.75 Å². The fourth-order valence-corrected chi connectivity index (χ4v) is 1.70. The first-order chi connectivity index (χ1) is 9.60. The van der Waals surface area contributed by atoms with E-state index in [0.717, 1.165) is 24.6 Å². The van der Waals surface area contributed by atoms with Crippen LogP contribution in [0.4, 0.5) is 25.8 Å². The topological polar surface area (TPSA) is 47.3 Å². The number of anilines is 3. The third-order valence-corrected chi connectivity index (χ3v) is 2.68. The zero-order chi connectivity index (χ0) is 14.5. The van der Waals surface area contributed by atoms with Gasteiger partial charge in [-0.05, 0) is 30.7 Å². The molecule has 20 heavy (non-hydrogen) atoms. The molecule has 0 spiro atoms. The number of nitrogen functional groups attached to an aromatic ring is 1. The number of hydrogen-bond acceptors (Lipinski definition) is 3. The van der Waals surface area contributed by atoms with Crippen LogP contribution in [0.3, 0.4) is 0 Å². The van der Waals surface area contributed by atoms with Gasteiger partial charge in [-0.1, -0.05) is 6.92 Å². The van der Waals surface area contributed by atoms with Crippen molar-refractivity contribution in [3.8, 4) is 5.75 Å². The standard InChI is InChI=1S/C15H16F2N2O/c1-2-7-20-15-9-11(4-6-13(15)18)19-14-8-10(16)3-5-12(14)17/h3-6,8-9,19H,2,7,18H2,1H3. The largest absolute Gasteiger partial charge is 0.491 e. The maximum atomic E-state index is 13.6. The van der Waals surface area contributed by atoms with E-state index in [0.29, 0.717) is 23.7 Å². The second-order valence-corrected chi connectivity index (χ2v) is 4.35. The van der Waals surface area contributed by atoms with E-state index in [2.05, 4.69) is 5.32 Å². The predicted octanol–water partition coefficient (Wildman–Crippen LogP) is 4.08. The van der Waals surface area contributed by atoms with Crippen LogP contribution < -0.4 is 15.8 Å². The molecule has 0 unspecified atom stereocenters. The summed E-state index contributed by atoms with van der Waals surface area (Å²) in [7, 11) is 0. The van der Waals surface area contributed by atoms with Crippen LogP contribution in [-0.4, -0.2) is 6.61 Å². The number of nitrogens with one attached hydrogen (secondary N) is 1. The lowest BCUT2D eigenvalue weighted by molar-refractivity contribution is 0.319. The van der Waals surface area contributed by atoms with Crippen LogP contribution in [0.1, 0.15) is 13.3 Å². The Morgan fingerprint density at radius 1 is 1.15 bits per heavy atom. The second-order valence-electron chi connectivity index (χ2n) is 4.35. The molecule has 0 saturated heterocycles. The molecule has 2 aromatic rings. The molecule has 0 fully saturated rings. The van der Waals surface area contributed by atoms with Gasteiger partial charge in [0.1, 0.15) is 17.4 Å². The average Bonchev–Trinajstić information content (AvgIpc) is 2.43. The fourth-order valence-electron chi connectivity index (χ4n) is 1.70. The van der Waals surface area contributed by atoms with Crippen LogP contribution in [0.2, 0.25) is 0 Å². The molecule has 0 radical (unpaired) electrons. The van der Waals surface area contributed by atoms with Crippen molar-refractivity contribution in [1.82, 2.24) is 0 Å². The van der Waals surface area contributed by atoms with Gasteiger partial charge in [0.15, 0.2) is 0 Å². The highest BCUT2D eigenvalue weighted by Gasteiger charge is 2.06. The fraction of sp³-hybridized carbons (Fsp3) is 0.200. The molecular formula is C15H16F2N2O. The van der Waals surface area contributed by atoms with E-state index >= 15 is 0 Å². The first kappa shape index (κ1) is 14.1. The number of ether oxygens (including phenoxy) is 1. The van der Waals surface area contributed by atoms with Crippen LogP contribution in [0, 0.1) is 11.6 Å². The number of halogens is 2. The van der Waals surface area contributed by atoms with E-state index in [1.54, 1.807) is 18.2 Å². The molecule has 5 heteroatoms. The molecule has 0 saturated carbocycles. The maximum absolute atomic E-state index is 13.6. The molecule has 0 aromatic heterocycles. The van der Waals surface area contributed by atoms with Gasteiger partial charge in [0, 0.05) is 17.8 Å². The second kappa shape index (κ2) is 6.23. The molecule has 0 aliphatic rings. The van der Waals surface area contributed by atoms with E-state index in [-0.39, 0.29) is 5.69 Å². The molecule has 0 atom stereocenters. The SMILES string of the molecule is CCCOc1cc(Nc2cc(F)ccc2F)ccc1N. The average molecular weight is 278 g/mol. The molecule has 2 rings (SSSR count). The lowest BCUT2D eigenvalue weighted by Gasteiger charge is -2.12. The van der Waals surface area contributed by atoms with Crippen molar-refractivity contribution < 1.29 is 13.5 Å². The number of rotatable bonds is 5. The minimum atomic E-state index is -0.528. The number of benzene rings is 2. The molecule has 0 aliphatic heterocycles. The van der Waals surface area contributed by atoms with E-state index < -0.39 is 11.6 Å². The van der Waals surface area contributed by atoms with Crippen molar-refractivity contribution in [2.45, 2.75) is 13.3 Å². The van der Waals surface area contributed by atoms with Gasteiger partial charge in [0.2, 0.25) is 0 Å². The summed E-state index contributed by atoms with van der Waals surface area (Å²) in [6.45, 7) is 2.53. The van der Waals surface area contributed by atoms with Crippen molar-refractivity contribution in [1.29, 1.82) is 0 Å². The summed E-state index contributed by atoms with van der Waals surface area (Å²) in [6.07, 6.45) is 0.857. The smallest absolute Gasteiger partial charge is 0.146 e. The summed E-state index contributed by atoms with van der Waals surface area (Å²) in [5, 5.41) is 2.81. The lowest BCUT2D eigenvalue weighted by atomic mass is 10.2. The van der Waals surface area contributed by atoms with Gasteiger partial charge in [-0.2, -0.15) is 0 Å². The molecule has 3 N–H and O–H groups in total. The normalized spacial score (nSPS) is 10.3. The quantitative estimate of drug-likeness (QED) is 0.810. The van der Waals surface area contributed by atoms with Crippen molar-refractivity contribution in [3.63, 3.8) is 0 Å². The summed E-state index contributed by atoms with van der Waals surface area (Å²) < 4.78 is 32.1. The van der Waals surface area contributed by atoms with Gasteiger partial charge in [-0.3, -0.25) is 0 Å². The third kappa shape index (κ3) is 3.38. The highest BCUT2D eigenvalue weighted by Crippen LogP contribution is 2.28. The summed E-state index contributed by atoms with van der Waals surface area (Å²) in [5.41, 5.74) is 6.94. The molecule has 0 heterocycles. The van der Waals surface area contributed by atoms with Crippen molar-refractivity contribution in [2.75, 3.05) is 17.7 Å². The van der Waals surface area contributed by atoms with Crippen molar-refractivity contribution in [2.24, 2.45) is 0 Å². The van der Waals surface area contributed by atoms with Gasteiger partial charge in [-0.15, -0.1) is 0 Å². The zero-order valence-corrected chi connectivity index (χ0v) is 11.1. The summed E-state index contributed by atoms with van der Waals surface area (Å²) in [4.78, 5) is 0. The zero-order valence-electron chi connectivity index (χ0n) is 11.1. The van der Waals surface area contributed by atoms with Crippen molar-refractivity contribution in [3.05, 3.63) is 48.0 Å². The third-order valence-electron chi connectivity index (χ3n) is 2.68.